The molecule has 1 aromatic heterocycles. The first-order valence-corrected chi connectivity index (χ1v) is 11.2. The lowest BCUT2D eigenvalue weighted by molar-refractivity contribution is 0.0672. The Bertz CT molecular complexity index is 900. The van der Waals surface area contributed by atoms with Crippen LogP contribution in [0.2, 0.25) is 0 Å². The van der Waals surface area contributed by atoms with E-state index in [1.165, 1.54) is 22.9 Å². The Kier molecular flexibility index (Phi) is 4.27. The van der Waals surface area contributed by atoms with Gasteiger partial charge < -0.3 is 9.80 Å². The number of thiophene rings is 1. The number of hydrogen-bond acceptors (Lipinski definition) is 3. The van der Waals surface area contributed by atoms with E-state index < -0.39 is 0 Å². The van der Waals surface area contributed by atoms with Crippen molar-refractivity contribution in [1.82, 2.24) is 4.90 Å². The van der Waals surface area contributed by atoms with Gasteiger partial charge in [0.1, 0.15) is 5.82 Å². The lowest BCUT2D eigenvalue weighted by Crippen LogP contribution is -2.50. The number of aryl methyl sites for hydroxylation is 2. The summed E-state index contributed by atoms with van der Waals surface area (Å²) in [6, 6.07) is 9.47. The molecule has 2 atom stereocenters. The first-order valence-electron chi connectivity index (χ1n) is 10.4. The maximum atomic E-state index is 13.8. The number of halogens is 1. The quantitative estimate of drug-likeness (QED) is 0.719. The van der Waals surface area contributed by atoms with Gasteiger partial charge in [-0.25, -0.2) is 4.39 Å². The molecule has 1 aromatic carbocycles. The maximum absolute atomic E-state index is 13.8. The van der Waals surface area contributed by atoms with Crippen LogP contribution in [0.25, 0.3) is 0 Å². The molecule has 3 heterocycles. The second-order valence-corrected chi connectivity index (χ2v) is 10.3. The number of rotatable bonds is 2. The van der Waals surface area contributed by atoms with Crippen molar-refractivity contribution in [3.05, 3.63) is 51.5 Å². The van der Waals surface area contributed by atoms with Crippen LogP contribution in [-0.4, -0.2) is 35.5 Å². The van der Waals surface area contributed by atoms with E-state index in [0.29, 0.717) is 12.0 Å². The number of piperidine rings is 1. The van der Waals surface area contributed by atoms with Crippen LogP contribution in [0.5, 0.6) is 0 Å². The van der Waals surface area contributed by atoms with Gasteiger partial charge in [0.15, 0.2) is 0 Å². The predicted octanol–water partition coefficient (Wildman–Crippen LogP) is 4.90. The molecule has 2 aromatic rings. The van der Waals surface area contributed by atoms with E-state index >= 15 is 0 Å². The predicted molar refractivity (Wildman–Crippen MR) is 112 cm³/mol. The summed E-state index contributed by atoms with van der Waals surface area (Å²) in [5.74, 6) is 0.456. The summed E-state index contributed by atoms with van der Waals surface area (Å²) in [7, 11) is 0. The number of carbonyl (C=O) groups excluding carboxylic acids is 1. The topological polar surface area (TPSA) is 23.6 Å². The van der Waals surface area contributed by atoms with Gasteiger partial charge in [0.05, 0.1) is 4.88 Å². The average Bonchev–Trinajstić information content (AvgIpc) is 3.30. The highest BCUT2D eigenvalue weighted by atomic mass is 32.1. The van der Waals surface area contributed by atoms with Crippen LogP contribution in [0.4, 0.5) is 10.1 Å². The van der Waals surface area contributed by atoms with Crippen LogP contribution in [0.3, 0.4) is 0 Å². The molecular formula is C23H27FN2OS. The summed E-state index contributed by atoms with van der Waals surface area (Å²) in [5, 5.41) is 0. The lowest BCUT2D eigenvalue weighted by atomic mass is 9.89. The average molecular weight is 399 g/mol. The Hall–Kier alpha value is -1.88. The molecule has 2 saturated heterocycles. The van der Waals surface area contributed by atoms with E-state index in [2.05, 4.69) is 29.7 Å². The molecule has 1 aliphatic carbocycles. The molecule has 0 saturated carbocycles. The molecule has 0 N–H and O–H groups in total. The third-order valence-corrected chi connectivity index (χ3v) is 8.00. The number of hydrogen-bond donors (Lipinski definition) is 0. The minimum Gasteiger partial charge on any atom is -0.363 e. The van der Waals surface area contributed by atoms with E-state index in [-0.39, 0.29) is 17.3 Å². The van der Waals surface area contributed by atoms with Gasteiger partial charge >= 0.3 is 0 Å². The van der Waals surface area contributed by atoms with Crippen molar-refractivity contribution in [1.29, 1.82) is 0 Å². The zero-order valence-corrected chi connectivity index (χ0v) is 17.4. The van der Waals surface area contributed by atoms with Crippen molar-refractivity contribution in [3.63, 3.8) is 0 Å². The minimum absolute atomic E-state index is 0.0354. The Morgan fingerprint density at radius 1 is 1.25 bits per heavy atom. The third kappa shape index (κ3) is 2.95. The van der Waals surface area contributed by atoms with E-state index in [1.54, 1.807) is 23.5 Å². The number of amides is 1. The highest BCUT2D eigenvalue weighted by Gasteiger charge is 2.48. The Morgan fingerprint density at radius 3 is 2.89 bits per heavy atom. The van der Waals surface area contributed by atoms with Gasteiger partial charge in [-0.2, -0.15) is 0 Å². The van der Waals surface area contributed by atoms with Gasteiger partial charge in [-0.1, -0.05) is 6.07 Å². The van der Waals surface area contributed by atoms with Gasteiger partial charge in [0.2, 0.25) is 0 Å². The van der Waals surface area contributed by atoms with Gasteiger partial charge in [-0.3, -0.25) is 4.79 Å². The number of carbonyl (C=O) groups is 1. The van der Waals surface area contributed by atoms with E-state index in [0.717, 1.165) is 49.3 Å². The maximum Gasteiger partial charge on any atom is 0.263 e. The molecule has 5 rings (SSSR count). The van der Waals surface area contributed by atoms with Crippen molar-refractivity contribution in [2.24, 2.45) is 5.92 Å². The van der Waals surface area contributed by atoms with Crippen molar-refractivity contribution in [2.75, 3.05) is 18.0 Å². The fraction of sp³-hybridized carbons (Fsp3) is 0.522. The molecule has 5 heteroatoms. The second-order valence-electron chi connectivity index (χ2n) is 9.15. The van der Waals surface area contributed by atoms with E-state index in [4.69, 9.17) is 0 Å². The molecule has 0 radical (unpaired) electrons. The molecule has 1 amide bonds. The number of benzene rings is 1. The summed E-state index contributed by atoms with van der Waals surface area (Å²) >= 11 is 1.70. The van der Waals surface area contributed by atoms with Crippen LogP contribution in [0.15, 0.2) is 30.3 Å². The first kappa shape index (κ1) is 18.2. The SMILES string of the molecule is CC1(C)C[C@@H]2CN(C(=O)c3cc4c(s3)CCC4)CC[C@@H]2N1c1cccc(F)c1. The monoisotopic (exact) mass is 398 g/mol. The molecule has 0 unspecified atom stereocenters. The normalized spacial score (nSPS) is 25.7. The molecule has 3 nitrogen and oxygen atoms in total. The zero-order chi connectivity index (χ0) is 19.5. The van der Waals surface area contributed by atoms with Gasteiger partial charge in [-0.15, -0.1) is 11.3 Å². The number of nitrogens with zero attached hydrogens (tertiary/aromatic N) is 2. The number of likely N-dealkylation sites (tertiary alicyclic amines) is 1. The van der Waals surface area contributed by atoms with Crippen molar-refractivity contribution < 1.29 is 9.18 Å². The Balaban J connectivity index is 1.36. The highest BCUT2D eigenvalue weighted by molar-refractivity contribution is 7.14. The molecule has 2 aliphatic heterocycles. The smallest absolute Gasteiger partial charge is 0.263 e. The fourth-order valence-corrected chi connectivity index (χ4v) is 6.91. The van der Waals surface area contributed by atoms with Crippen LogP contribution in [0, 0.1) is 11.7 Å². The summed E-state index contributed by atoms with van der Waals surface area (Å²) in [6.07, 6.45) is 5.46. The van der Waals surface area contributed by atoms with Gasteiger partial charge in [-0.05, 0) is 81.7 Å². The van der Waals surface area contributed by atoms with Crippen molar-refractivity contribution in [2.45, 2.75) is 57.5 Å². The summed E-state index contributed by atoms with van der Waals surface area (Å²) in [5.41, 5.74) is 2.32. The molecular weight excluding hydrogens is 371 g/mol. The van der Waals surface area contributed by atoms with Crippen LogP contribution < -0.4 is 4.90 Å². The summed E-state index contributed by atoms with van der Waals surface area (Å²) < 4.78 is 13.8. The van der Waals surface area contributed by atoms with Gasteiger partial charge in [0.25, 0.3) is 5.91 Å². The first-order chi connectivity index (χ1) is 13.4. The fourth-order valence-electron chi connectivity index (χ4n) is 5.69. The Morgan fingerprint density at radius 2 is 2.11 bits per heavy atom. The summed E-state index contributed by atoms with van der Waals surface area (Å²) in [4.78, 5) is 19.9. The lowest BCUT2D eigenvalue weighted by Gasteiger charge is -2.41. The number of fused-ring (bicyclic) bond motifs is 2. The second kappa shape index (κ2) is 6.58. The van der Waals surface area contributed by atoms with Crippen LogP contribution in [-0.2, 0) is 12.8 Å². The minimum atomic E-state index is -0.185. The van der Waals surface area contributed by atoms with E-state index in [1.807, 2.05) is 6.07 Å². The molecule has 2 fully saturated rings. The standard InChI is InChI=1S/C23H27FN2OS/c1-23(2)13-16-14-25(22(27)21-11-15-5-3-8-20(15)28-21)10-9-19(16)26(23)18-7-4-6-17(24)12-18/h4,6-7,11-12,16,19H,3,5,8-10,13-14H2,1-2H3/t16-,19+/m1/s1. The molecule has 3 aliphatic rings. The number of anilines is 1. The highest BCUT2D eigenvalue weighted by Crippen LogP contribution is 2.45. The van der Waals surface area contributed by atoms with Gasteiger partial charge in [0, 0.05) is 35.2 Å². The van der Waals surface area contributed by atoms with Crippen molar-refractivity contribution in [3.8, 4) is 0 Å². The van der Waals surface area contributed by atoms with E-state index in [9.17, 15) is 9.18 Å². The van der Waals surface area contributed by atoms with Crippen LogP contribution in [0.1, 0.15) is 53.2 Å². The molecule has 0 spiro atoms. The molecule has 148 valence electrons. The zero-order valence-electron chi connectivity index (χ0n) is 16.6. The Labute approximate surface area is 170 Å². The van der Waals surface area contributed by atoms with Crippen molar-refractivity contribution >= 4 is 22.9 Å². The molecule has 28 heavy (non-hydrogen) atoms. The summed E-state index contributed by atoms with van der Waals surface area (Å²) in [6.45, 7) is 6.07. The largest absolute Gasteiger partial charge is 0.363 e. The van der Waals surface area contributed by atoms with Crippen LogP contribution >= 0.6 is 11.3 Å². The third-order valence-electron chi connectivity index (χ3n) is 6.77. The molecule has 0 bridgehead atoms.